The van der Waals surface area contributed by atoms with E-state index < -0.39 is 4.92 Å². The molecule has 0 bridgehead atoms. The molecule has 3 N–H and O–H groups in total. The molecule has 19 nitrogen and oxygen atoms in total. The summed E-state index contributed by atoms with van der Waals surface area (Å²) in [6.45, 7) is 10.3. The van der Waals surface area contributed by atoms with Crippen molar-refractivity contribution in [2.45, 2.75) is 39.8 Å². The number of halogens is 1. The number of aliphatic hydroxyl groups excluding tert-OH is 3. The largest absolute Gasteiger partial charge is 0.459 e. The number of rotatable bonds is 16. The van der Waals surface area contributed by atoms with Crippen LogP contribution in [0.3, 0.4) is 0 Å². The van der Waals surface area contributed by atoms with Gasteiger partial charge in [0.2, 0.25) is 0 Å². The zero-order chi connectivity index (χ0) is 69.2. The van der Waals surface area contributed by atoms with Gasteiger partial charge >= 0.3 is 5.97 Å². The summed E-state index contributed by atoms with van der Waals surface area (Å²) in [5, 5.41) is 36.0. The first-order valence-corrected chi connectivity index (χ1v) is 28.4. The molecule has 0 radical (unpaired) electrons. The molecule has 0 saturated heterocycles. The Bertz CT molecular complexity index is 3640. The highest BCUT2D eigenvalue weighted by Gasteiger charge is 2.08. The van der Waals surface area contributed by atoms with Gasteiger partial charge in [-0.3, -0.25) is 53.3 Å². The summed E-state index contributed by atoms with van der Waals surface area (Å²) in [6, 6.07) is 62.4. The van der Waals surface area contributed by atoms with E-state index in [9.17, 15) is 58.1 Å². The van der Waals surface area contributed by atoms with Gasteiger partial charge in [-0.15, -0.1) is 0 Å². The van der Waals surface area contributed by atoms with Crippen molar-refractivity contribution in [1.29, 1.82) is 0 Å². The average Bonchev–Trinajstić information content (AvgIpc) is 3.67. The van der Waals surface area contributed by atoms with Gasteiger partial charge in [0.05, 0.1) is 43.0 Å². The van der Waals surface area contributed by atoms with Crippen LogP contribution >= 0.6 is 15.9 Å². The lowest BCUT2D eigenvalue weighted by molar-refractivity contribution is -0.384. The molecule has 0 aliphatic carbocycles. The maximum absolute atomic E-state index is 11.3. The van der Waals surface area contributed by atoms with Crippen LogP contribution in [0.1, 0.15) is 134 Å². The number of anilines is 1. The maximum atomic E-state index is 11.3. The molecular weight excluding hydrogens is 1250 g/mol. The Labute approximate surface area is 547 Å². The quantitative estimate of drug-likeness (QED) is 0.0266. The van der Waals surface area contributed by atoms with Gasteiger partial charge < -0.3 is 25.0 Å². The van der Waals surface area contributed by atoms with Crippen molar-refractivity contribution in [1.82, 2.24) is 0 Å². The number of non-ortho nitro benzene ring substituents is 1. The van der Waals surface area contributed by atoms with Crippen molar-refractivity contribution in [2.75, 3.05) is 19.0 Å². The zero-order valence-corrected chi connectivity index (χ0v) is 52.7. The van der Waals surface area contributed by atoms with Crippen LogP contribution in [0.5, 0.6) is 0 Å². The molecule has 20 heteroatoms. The van der Waals surface area contributed by atoms with E-state index in [-0.39, 0.29) is 37.6 Å². The third-order valence-electron chi connectivity index (χ3n) is 11.4. The third kappa shape index (κ3) is 35.3. The van der Waals surface area contributed by atoms with Crippen molar-refractivity contribution in [3.8, 4) is 0 Å². The number of aldehydes is 9. The minimum atomic E-state index is -0.505. The Hall–Kier alpha value is -11.5. The van der Waals surface area contributed by atoms with Crippen molar-refractivity contribution < 1.29 is 72.9 Å². The molecule has 0 amide bonds. The highest BCUT2D eigenvalue weighted by Crippen LogP contribution is 2.14. The van der Waals surface area contributed by atoms with E-state index in [2.05, 4.69) is 20.8 Å². The van der Waals surface area contributed by atoms with E-state index in [0.717, 1.165) is 88.3 Å². The highest BCUT2D eigenvalue weighted by atomic mass is 79.9. The Balaban J connectivity index is 0.000000525. The Morgan fingerprint density at radius 1 is 0.452 bits per heavy atom. The summed E-state index contributed by atoms with van der Waals surface area (Å²) in [6.07, 6.45) is 6.78. The number of nitrogens with zero attached hydrogens (tertiary/aromatic N) is 3. The summed E-state index contributed by atoms with van der Waals surface area (Å²) < 4.78 is 5.98. The van der Waals surface area contributed by atoms with E-state index in [0.29, 0.717) is 56.5 Å². The monoisotopic (exact) mass is 1320 g/mol. The second-order valence-electron chi connectivity index (χ2n) is 18.8. The molecule has 0 spiro atoms. The summed E-state index contributed by atoms with van der Waals surface area (Å²) in [7, 11) is 3.94. The molecule has 0 aromatic heterocycles. The fourth-order valence-electron chi connectivity index (χ4n) is 6.31. The van der Waals surface area contributed by atoms with Crippen molar-refractivity contribution in [3.63, 3.8) is 0 Å². The lowest BCUT2D eigenvalue weighted by Gasteiger charge is -2.11. The lowest BCUT2D eigenvalue weighted by atomic mass is 10.1. The van der Waals surface area contributed by atoms with Crippen LogP contribution < -0.4 is 4.90 Å². The second-order valence-corrected chi connectivity index (χ2v) is 19.8. The number of carbonyl (C=O) groups excluding carboxylic acids is 10. The molecule has 0 fully saturated rings. The Kier molecular flexibility index (Phi) is 41.4. The predicted octanol–water partition coefficient (Wildman–Crippen LogP) is 13.8. The number of ether oxygens (including phenoxy) is 1. The maximum Gasteiger partial charge on any atom is 0.338 e. The third-order valence-corrected chi connectivity index (χ3v) is 11.9. The molecule has 9 aromatic carbocycles. The van der Waals surface area contributed by atoms with Gasteiger partial charge in [-0.05, 0) is 91.2 Å². The number of hydrogen-bond donors (Lipinski definition) is 3. The van der Waals surface area contributed by atoms with Gasteiger partial charge in [-0.2, -0.15) is 0 Å². The Morgan fingerprint density at radius 2 is 0.720 bits per heavy atom. The van der Waals surface area contributed by atoms with E-state index in [1.165, 1.54) is 24.3 Å². The van der Waals surface area contributed by atoms with Crippen LogP contribution in [-0.2, 0) is 24.6 Å². The first-order valence-electron chi connectivity index (χ1n) is 27.6. The molecule has 0 unspecified atom stereocenters. The molecule has 0 aliphatic rings. The topological polar surface area (TPSA) is 291 Å². The summed E-state index contributed by atoms with van der Waals surface area (Å²) in [5.74, 6) is -0.363. The smallest absolute Gasteiger partial charge is 0.338 e. The van der Waals surface area contributed by atoms with Crippen molar-refractivity contribution in [3.05, 3.63) is 323 Å². The van der Waals surface area contributed by atoms with E-state index in [1.807, 2.05) is 73.6 Å². The minimum absolute atomic E-state index is 0.00407. The molecule has 0 aliphatic heterocycles. The fraction of sp³-hybridized carbons (Fsp3) is 0.110. The molecule has 0 heterocycles. The number of aliphatic hydroxyl groups is 3. The fourth-order valence-corrected chi connectivity index (χ4v) is 6.58. The number of benzene rings is 9. The SMILES string of the molecule is CC(C)OC(=O)c1ccc(C=O)cc1.CN(C)c1ccc(C=O)cc1.O=Cc1ccc(Br)cc1.O=Cc1ccc(C=O)cc1.O=Cc1ccc(CO)cc1.O=Cc1ccc([N+](=O)[O-])cc1.O=Cc1ccccc1.OCc1ccc(CO)cc1.[C-]#[N+]c1ccc(C=O)cc1. The van der Waals surface area contributed by atoms with Gasteiger partial charge in [0.1, 0.15) is 56.6 Å². The molecule has 478 valence electrons. The van der Waals surface area contributed by atoms with Gasteiger partial charge in [-0.25, -0.2) is 9.64 Å². The lowest BCUT2D eigenvalue weighted by Crippen LogP contribution is -2.11. The van der Waals surface area contributed by atoms with Gasteiger partial charge in [0, 0.05) is 86.5 Å². The first-order chi connectivity index (χ1) is 44.8. The molecular formula is C73H68BrN3O16. The molecule has 93 heavy (non-hydrogen) atoms. The Morgan fingerprint density at radius 3 is 1.00 bits per heavy atom. The van der Waals surface area contributed by atoms with Crippen LogP contribution in [0.2, 0.25) is 0 Å². The van der Waals surface area contributed by atoms with Gasteiger partial charge in [0.15, 0.2) is 5.69 Å². The number of nitro benzene ring substituents is 1. The number of hydrogen-bond acceptors (Lipinski definition) is 17. The number of carbonyl (C=O) groups is 10. The molecule has 9 rings (SSSR count). The zero-order valence-electron chi connectivity index (χ0n) is 51.1. The van der Waals surface area contributed by atoms with Crippen LogP contribution in [0.4, 0.5) is 17.1 Å². The standard InChI is InChI=1S/C11H12O3.C9H11NO.C8H5NO.C8H10O2.C8H8O2.C8H6O2.C7H5BrO.C7H5NO3.C7H6O/c1-8(2)14-11(13)10-5-3-9(7-12)4-6-10;1-10(2)9-5-3-8(7-11)4-6-9;1-9-8-4-2-7(6-10)3-5-8;3*9-5-7-1-2-8(6-10)4-3-7;8-7-3-1-6(5-9)2-4-7;9-5-6-1-3-7(4-2-6)8(10)11;8-6-7-4-2-1-3-5-7/h3-8H,1-2H3;3-7H,1-2H3;2-6H;1-4,9-10H,5-6H2;1-5,10H,6H2;1-6H;1-5H;1-5H;1-6H. The summed E-state index contributed by atoms with van der Waals surface area (Å²) in [5.41, 5.74) is 10.3. The molecule has 0 saturated carbocycles. The van der Waals surface area contributed by atoms with Crippen LogP contribution in [0.15, 0.2) is 229 Å². The minimum Gasteiger partial charge on any atom is -0.459 e. The van der Waals surface area contributed by atoms with Gasteiger partial charge in [-0.1, -0.05) is 168 Å². The van der Waals surface area contributed by atoms with Crippen LogP contribution in [0.25, 0.3) is 4.85 Å². The number of esters is 1. The average molecular weight is 1320 g/mol. The van der Waals surface area contributed by atoms with Crippen LogP contribution in [0, 0.1) is 16.7 Å². The summed E-state index contributed by atoms with van der Waals surface area (Å²) >= 11 is 3.26. The molecule has 9 aromatic rings. The van der Waals surface area contributed by atoms with Gasteiger partial charge in [0.25, 0.3) is 5.69 Å². The predicted molar refractivity (Wildman–Crippen MR) is 360 cm³/mol. The normalized spacial score (nSPS) is 9.16. The second kappa shape index (κ2) is 48.5. The first kappa shape index (κ1) is 79.5. The van der Waals surface area contributed by atoms with Crippen molar-refractivity contribution in [2.24, 2.45) is 0 Å². The van der Waals surface area contributed by atoms with Crippen molar-refractivity contribution >= 4 is 95.5 Å². The van der Waals surface area contributed by atoms with E-state index >= 15 is 0 Å². The summed E-state index contributed by atoms with van der Waals surface area (Å²) in [4.78, 5) is 117. The van der Waals surface area contributed by atoms with Crippen LogP contribution in [-0.4, -0.2) is 103 Å². The van der Waals surface area contributed by atoms with E-state index in [4.69, 9.17) is 26.6 Å². The highest BCUT2D eigenvalue weighted by molar-refractivity contribution is 9.10. The molecule has 0 atom stereocenters. The van der Waals surface area contributed by atoms with E-state index in [1.54, 1.807) is 159 Å². The number of nitro groups is 1.